The molecule has 0 saturated carbocycles. The Morgan fingerprint density at radius 3 is 2.46 bits per heavy atom. The SMILES string of the molecule is O=C(CCCN1C(=O)/C(=C\C=C\c2ccccc2)SC1=S)Nc1ccccc1. The van der Waals surface area contributed by atoms with Gasteiger partial charge in [0.05, 0.1) is 4.91 Å². The van der Waals surface area contributed by atoms with Crippen LogP contribution in [0.25, 0.3) is 6.08 Å². The average molecular weight is 409 g/mol. The van der Waals surface area contributed by atoms with E-state index in [4.69, 9.17) is 12.2 Å². The molecule has 142 valence electrons. The molecule has 1 heterocycles. The van der Waals surface area contributed by atoms with Crippen LogP contribution in [-0.2, 0) is 9.59 Å². The number of benzene rings is 2. The minimum Gasteiger partial charge on any atom is -0.326 e. The number of nitrogens with zero attached hydrogens (tertiary/aromatic N) is 1. The van der Waals surface area contributed by atoms with E-state index in [0.29, 0.717) is 28.6 Å². The maximum atomic E-state index is 12.5. The molecule has 28 heavy (non-hydrogen) atoms. The molecule has 0 bridgehead atoms. The quantitative estimate of drug-likeness (QED) is 0.525. The summed E-state index contributed by atoms with van der Waals surface area (Å²) in [5.41, 5.74) is 1.84. The lowest BCUT2D eigenvalue weighted by Crippen LogP contribution is -2.29. The van der Waals surface area contributed by atoms with Gasteiger partial charge in [0.25, 0.3) is 5.91 Å². The zero-order valence-electron chi connectivity index (χ0n) is 15.2. The van der Waals surface area contributed by atoms with Crippen molar-refractivity contribution in [3.63, 3.8) is 0 Å². The van der Waals surface area contributed by atoms with Crippen molar-refractivity contribution in [1.29, 1.82) is 0 Å². The fraction of sp³-hybridized carbons (Fsp3) is 0.136. The predicted octanol–water partition coefficient (Wildman–Crippen LogP) is 4.86. The molecule has 1 N–H and O–H groups in total. The van der Waals surface area contributed by atoms with Crippen LogP contribution in [0.1, 0.15) is 18.4 Å². The van der Waals surface area contributed by atoms with Gasteiger partial charge in [-0.05, 0) is 30.2 Å². The predicted molar refractivity (Wildman–Crippen MR) is 120 cm³/mol. The number of nitrogens with one attached hydrogen (secondary N) is 1. The number of allylic oxidation sites excluding steroid dienone is 2. The van der Waals surface area contributed by atoms with Gasteiger partial charge in [0.15, 0.2) is 0 Å². The Morgan fingerprint density at radius 1 is 1.07 bits per heavy atom. The number of hydrogen-bond acceptors (Lipinski definition) is 4. The minimum atomic E-state index is -0.101. The van der Waals surface area contributed by atoms with Crippen LogP contribution in [0.3, 0.4) is 0 Å². The Bertz CT molecular complexity index is 909. The zero-order valence-corrected chi connectivity index (χ0v) is 16.8. The summed E-state index contributed by atoms with van der Waals surface area (Å²) in [5.74, 6) is -0.172. The number of thioether (sulfide) groups is 1. The Hall–Kier alpha value is -2.70. The monoisotopic (exact) mass is 408 g/mol. The fourth-order valence-electron chi connectivity index (χ4n) is 2.66. The van der Waals surface area contributed by atoms with Gasteiger partial charge in [0, 0.05) is 18.7 Å². The summed E-state index contributed by atoms with van der Waals surface area (Å²) < 4.78 is 0.535. The van der Waals surface area contributed by atoms with Gasteiger partial charge in [-0.2, -0.15) is 0 Å². The molecule has 0 spiro atoms. The van der Waals surface area contributed by atoms with Gasteiger partial charge >= 0.3 is 0 Å². The Balaban J connectivity index is 1.49. The van der Waals surface area contributed by atoms with Crippen LogP contribution in [0.15, 0.2) is 77.7 Å². The summed E-state index contributed by atoms with van der Waals surface area (Å²) in [4.78, 5) is 26.7. The summed E-state index contributed by atoms with van der Waals surface area (Å²) in [6.07, 6.45) is 6.47. The van der Waals surface area contributed by atoms with Crippen molar-refractivity contribution >= 4 is 51.9 Å². The van der Waals surface area contributed by atoms with E-state index in [1.165, 1.54) is 11.8 Å². The highest BCUT2D eigenvalue weighted by atomic mass is 32.2. The number of carbonyl (C=O) groups is 2. The van der Waals surface area contributed by atoms with Gasteiger partial charge in [0.2, 0.25) is 5.91 Å². The van der Waals surface area contributed by atoms with Crippen molar-refractivity contribution < 1.29 is 9.59 Å². The van der Waals surface area contributed by atoms with Crippen LogP contribution < -0.4 is 5.32 Å². The van der Waals surface area contributed by atoms with E-state index in [1.54, 1.807) is 11.0 Å². The number of amides is 2. The number of carbonyl (C=O) groups excluding carboxylic acids is 2. The molecule has 1 fully saturated rings. The summed E-state index contributed by atoms with van der Waals surface area (Å²) in [5, 5.41) is 2.84. The zero-order chi connectivity index (χ0) is 19.8. The highest BCUT2D eigenvalue weighted by molar-refractivity contribution is 8.26. The second kappa shape index (κ2) is 10.0. The van der Waals surface area contributed by atoms with Crippen molar-refractivity contribution in [2.24, 2.45) is 0 Å². The third-order valence-corrected chi connectivity index (χ3v) is 5.45. The van der Waals surface area contributed by atoms with Crippen LogP contribution in [0, 0.1) is 0 Å². The molecule has 0 unspecified atom stereocenters. The lowest BCUT2D eigenvalue weighted by atomic mass is 10.2. The summed E-state index contributed by atoms with van der Waals surface area (Å²) in [6, 6.07) is 19.2. The molecule has 0 radical (unpaired) electrons. The van der Waals surface area contributed by atoms with Crippen LogP contribution in [-0.4, -0.2) is 27.6 Å². The molecule has 6 heteroatoms. The van der Waals surface area contributed by atoms with Gasteiger partial charge < -0.3 is 5.32 Å². The first-order chi connectivity index (χ1) is 13.6. The summed E-state index contributed by atoms with van der Waals surface area (Å²) >= 11 is 6.62. The maximum Gasteiger partial charge on any atom is 0.266 e. The molecule has 2 amide bonds. The van der Waals surface area contributed by atoms with Gasteiger partial charge in [-0.3, -0.25) is 14.5 Å². The summed E-state index contributed by atoms with van der Waals surface area (Å²) in [6.45, 7) is 0.437. The highest BCUT2D eigenvalue weighted by Gasteiger charge is 2.31. The molecule has 2 aromatic carbocycles. The number of para-hydroxylation sites is 1. The number of anilines is 1. The van der Waals surface area contributed by atoms with Gasteiger partial charge in [-0.25, -0.2) is 0 Å². The minimum absolute atomic E-state index is 0.0713. The van der Waals surface area contributed by atoms with E-state index in [0.717, 1.165) is 11.3 Å². The molecule has 2 aromatic rings. The molecule has 3 rings (SSSR count). The van der Waals surface area contributed by atoms with E-state index < -0.39 is 0 Å². The van der Waals surface area contributed by atoms with Crippen molar-refractivity contribution in [3.8, 4) is 0 Å². The first-order valence-corrected chi connectivity index (χ1v) is 10.2. The molecule has 1 aliphatic rings. The molecule has 0 atom stereocenters. The Labute approximate surface area is 174 Å². The van der Waals surface area contributed by atoms with Gasteiger partial charge in [-0.15, -0.1) is 0 Å². The number of hydrogen-bond donors (Lipinski definition) is 1. The lowest BCUT2D eigenvalue weighted by Gasteiger charge is -2.14. The smallest absolute Gasteiger partial charge is 0.266 e. The van der Waals surface area contributed by atoms with Crippen LogP contribution in [0.4, 0.5) is 5.69 Å². The van der Waals surface area contributed by atoms with Crippen molar-refractivity contribution in [2.75, 3.05) is 11.9 Å². The second-order valence-corrected chi connectivity index (χ2v) is 7.82. The molecule has 4 nitrogen and oxygen atoms in total. The molecule has 0 aromatic heterocycles. The first kappa shape index (κ1) is 20.0. The maximum absolute atomic E-state index is 12.5. The third-order valence-electron chi connectivity index (χ3n) is 4.05. The van der Waals surface area contributed by atoms with Crippen molar-refractivity contribution in [3.05, 3.63) is 83.3 Å². The highest BCUT2D eigenvalue weighted by Crippen LogP contribution is 2.31. The van der Waals surface area contributed by atoms with E-state index in [2.05, 4.69) is 5.32 Å². The largest absolute Gasteiger partial charge is 0.326 e. The van der Waals surface area contributed by atoms with Crippen LogP contribution >= 0.6 is 24.0 Å². The molecule has 0 aliphatic carbocycles. The summed E-state index contributed by atoms with van der Waals surface area (Å²) in [7, 11) is 0. The van der Waals surface area contributed by atoms with E-state index in [-0.39, 0.29) is 11.8 Å². The van der Waals surface area contributed by atoms with E-state index in [1.807, 2.05) is 72.8 Å². The molecular formula is C22H20N2O2S2. The number of thiocarbonyl (C=S) groups is 1. The Morgan fingerprint density at radius 2 is 1.75 bits per heavy atom. The number of rotatable bonds is 7. The van der Waals surface area contributed by atoms with Crippen molar-refractivity contribution in [2.45, 2.75) is 12.8 Å². The second-order valence-electron chi connectivity index (χ2n) is 6.14. The first-order valence-electron chi connectivity index (χ1n) is 8.95. The normalized spacial score (nSPS) is 15.6. The molecule has 1 aliphatic heterocycles. The standard InChI is InChI=1S/C22H20N2O2S2/c25-20(23-18-12-5-2-6-13-18)15-8-16-24-21(26)19(28-22(24)27)14-7-11-17-9-3-1-4-10-17/h1-7,9-14H,8,15-16H2,(H,23,25)/b11-7+,19-14+. The van der Waals surface area contributed by atoms with Crippen molar-refractivity contribution in [1.82, 2.24) is 4.90 Å². The topological polar surface area (TPSA) is 49.4 Å². The van der Waals surface area contributed by atoms with E-state index >= 15 is 0 Å². The van der Waals surface area contributed by atoms with Gasteiger partial charge in [-0.1, -0.05) is 84.7 Å². The van der Waals surface area contributed by atoms with E-state index in [9.17, 15) is 9.59 Å². The fourth-order valence-corrected chi connectivity index (χ4v) is 3.92. The lowest BCUT2D eigenvalue weighted by molar-refractivity contribution is -0.122. The molecular weight excluding hydrogens is 388 g/mol. The van der Waals surface area contributed by atoms with Crippen LogP contribution in [0.2, 0.25) is 0 Å². The van der Waals surface area contributed by atoms with Crippen LogP contribution in [0.5, 0.6) is 0 Å². The average Bonchev–Trinajstić information content (AvgIpc) is 2.97. The van der Waals surface area contributed by atoms with Gasteiger partial charge in [0.1, 0.15) is 4.32 Å². The Kier molecular flexibility index (Phi) is 7.17. The molecule has 1 saturated heterocycles. The third kappa shape index (κ3) is 5.65.